The maximum atomic E-state index is 9.12. The largest absolute Gasteiger partial charge is 0.394 e. The van der Waals surface area contributed by atoms with Crippen LogP contribution in [0.3, 0.4) is 0 Å². The van der Waals surface area contributed by atoms with Crippen molar-refractivity contribution in [3.8, 4) is 0 Å². The maximum Gasteiger partial charge on any atom is 0.308 e. The van der Waals surface area contributed by atoms with Crippen LogP contribution in [0.4, 0.5) is 0 Å². The molecule has 0 radical (unpaired) electrons. The second kappa shape index (κ2) is 3.46. The molecule has 7 heteroatoms. The molecule has 1 heterocycles. The topological polar surface area (TPSA) is 131 Å². The van der Waals surface area contributed by atoms with E-state index >= 15 is 0 Å². The van der Waals surface area contributed by atoms with Crippen LogP contribution >= 0.6 is 0 Å². The third kappa shape index (κ3) is 1.81. The average Bonchev–Trinajstić information content (AvgIpc) is 2.08. The van der Waals surface area contributed by atoms with Gasteiger partial charge in [0, 0.05) is 0 Å². The van der Waals surface area contributed by atoms with Crippen LogP contribution in [0.25, 0.3) is 0 Å². The van der Waals surface area contributed by atoms with Gasteiger partial charge in [0.2, 0.25) is 0 Å². The minimum atomic E-state index is -2.95. The fourth-order valence-electron chi connectivity index (χ4n) is 1.14. The Morgan fingerprint density at radius 1 is 1.08 bits per heavy atom. The highest BCUT2D eigenvalue weighted by molar-refractivity contribution is 4.90. The van der Waals surface area contributed by atoms with Crippen LogP contribution in [0, 0.1) is 0 Å². The molecule has 1 rings (SSSR count). The smallest absolute Gasteiger partial charge is 0.308 e. The molecule has 0 saturated carbocycles. The van der Waals surface area contributed by atoms with Crippen LogP contribution in [0.1, 0.15) is 0 Å². The molecule has 0 spiro atoms. The Kier molecular flexibility index (Phi) is 2.88. The van der Waals surface area contributed by atoms with E-state index in [1.54, 1.807) is 0 Å². The molecular formula is C6H12O7. The first-order chi connectivity index (χ1) is 5.90. The van der Waals surface area contributed by atoms with Crippen LogP contribution in [-0.2, 0) is 4.74 Å². The Morgan fingerprint density at radius 3 is 2.08 bits per heavy atom. The Morgan fingerprint density at radius 2 is 1.62 bits per heavy atom. The first-order valence-corrected chi connectivity index (χ1v) is 3.67. The van der Waals surface area contributed by atoms with Crippen molar-refractivity contribution in [2.75, 3.05) is 6.61 Å². The van der Waals surface area contributed by atoms with Crippen LogP contribution in [0.5, 0.6) is 0 Å². The van der Waals surface area contributed by atoms with Crippen LogP contribution < -0.4 is 0 Å². The van der Waals surface area contributed by atoms with E-state index in [4.69, 9.17) is 30.6 Å². The summed E-state index contributed by atoms with van der Waals surface area (Å²) in [7, 11) is 0. The SMILES string of the molecule is OC[C@H]1OC(O)(O)[C@H](O)[C@H](O)[C@@H]1O. The lowest BCUT2D eigenvalue weighted by Gasteiger charge is -2.41. The quantitative estimate of drug-likeness (QED) is 0.236. The van der Waals surface area contributed by atoms with Gasteiger partial charge in [-0.2, -0.15) is 0 Å². The lowest BCUT2D eigenvalue weighted by molar-refractivity contribution is -0.435. The Labute approximate surface area is 73.4 Å². The number of hydrogen-bond donors (Lipinski definition) is 6. The predicted molar refractivity (Wildman–Crippen MR) is 37.1 cm³/mol. The highest BCUT2D eigenvalue weighted by Gasteiger charge is 2.51. The van der Waals surface area contributed by atoms with Crippen molar-refractivity contribution in [1.82, 2.24) is 0 Å². The summed E-state index contributed by atoms with van der Waals surface area (Å²) in [6.45, 7) is -0.701. The van der Waals surface area contributed by atoms with Crippen molar-refractivity contribution < 1.29 is 35.4 Å². The van der Waals surface area contributed by atoms with Gasteiger partial charge in [0.05, 0.1) is 6.61 Å². The van der Waals surface area contributed by atoms with Crippen LogP contribution in [0.15, 0.2) is 0 Å². The standard InChI is InChI=1S/C6H12O7/c7-1-2-3(8)4(9)5(10)6(11,12)13-2/h2-5,7-12H,1H2/t2-,3-,4-,5-/m1/s1. The number of aliphatic hydroxyl groups is 6. The Hall–Kier alpha value is -0.280. The van der Waals surface area contributed by atoms with Gasteiger partial charge in [-0.3, -0.25) is 0 Å². The fourth-order valence-corrected chi connectivity index (χ4v) is 1.14. The molecule has 0 aromatic heterocycles. The van der Waals surface area contributed by atoms with Gasteiger partial charge in [0.25, 0.3) is 0 Å². The molecule has 0 unspecified atom stereocenters. The van der Waals surface area contributed by atoms with Gasteiger partial charge < -0.3 is 35.4 Å². The lowest BCUT2D eigenvalue weighted by atomic mass is 9.98. The van der Waals surface area contributed by atoms with Gasteiger partial charge in [-0.1, -0.05) is 0 Å². The molecule has 1 fully saturated rings. The van der Waals surface area contributed by atoms with Gasteiger partial charge in [0.1, 0.15) is 18.3 Å². The highest BCUT2D eigenvalue weighted by Crippen LogP contribution is 2.25. The molecule has 78 valence electrons. The van der Waals surface area contributed by atoms with Gasteiger partial charge in [-0.15, -0.1) is 0 Å². The molecule has 0 amide bonds. The van der Waals surface area contributed by atoms with Crippen LogP contribution in [-0.4, -0.2) is 67.6 Å². The minimum Gasteiger partial charge on any atom is -0.394 e. The van der Waals surface area contributed by atoms with Gasteiger partial charge in [-0.25, -0.2) is 0 Å². The summed E-state index contributed by atoms with van der Waals surface area (Å²) < 4.78 is 4.32. The van der Waals surface area contributed by atoms with E-state index in [9.17, 15) is 0 Å². The second-order valence-electron chi connectivity index (χ2n) is 2.92. The third-order valence-electron chi connectivity index (χ3n) is 1.94. The van der Waals surface area contributed by atoms with Crippen LogP contribution in [0.2, 0.25) is 0 Å². The van der Waals surface area contributed by atoms with E-state index in [-0.39, 0.29) is 0 Å². The molecule has 4 atom stereocenters. The summed E-state index contributed by atoms with van der Waals surface area (Å²) in [5, 5.41) is 53.6. The number of rotatable bonds is 1. The summed E-state index contributed by atoms with van der Waals surface area (Å²) in [4.78, 5) is 0. The number of hydrogen-bond acceptors (Lipinski definition) is 7. The zero-order chi connectivity index (χ0) is 10.2. The van der Waals surface area contributed by atoms with E-state index in [0.29, 0.717) is 0 Å². The van der Waals surface area contributed by atoms with Crippen molar-refractivity contribution in [2.24, 2.45) is 0 Å². The first kappa shape index (κ1) is 10.8. The van der Waals surface area contributed by atoms with E-state index in [2.05, 4.69) is 4.74 Å². The monoisotopic (exact) mass is 196 g/mol. The van der Waals surface area contributed by atoms with Gasteiger partial charge >= 0.3 is 5.97 Å². The first-order valence-electron chi connectivity index (χ1n) is 3.67. The minimum absolute atomic E-state index is 0.701. The van der Waals surface area contributed by atoms with Crippen molar-refractivity contribution >= 4 is 0 Å². The van der Waals surface area contributed by atoms with Crippen molar-refractivity contribution in [3.63, 3.8) is 0 Å². The van der Waals surface area contributed by atoms with Crippen molar-refractivity contribution in [2.45, 2.75) is 30.4 Å². The van der Waals surface area contributed by atoms with Gasteiger partial charge in [-0.05, 0) is 0 Å². The van der Waals surface area contributed by atoms with Gasteiger partial charge in [0.15, 0.2) is 6.10 Å². The summed E-state index contributed by atoms with van der Waals surface area (Å²) >= 11 is 0. The van der Waals surface area contributed by atoms with E-state index in [1.165, 1.54) is 0 Å². The van der Waals surface area contributed by atoms with E-state index in [1.807, 2.05) is 0 Å². The Bertz CT molecular complexity index is 180. The maximum absolute atomic E-state index is 9.12. The molecule has 13 heavy (non-hydrogen) atoms. The lowest BCUT2D eigenvalue weighted by Crippen LogP contribution is -2.65. The van der Waals surface area contributed by atoms with E-state index < -0.39 is 37.0 Å². The molecule has 7 nitrogen and oxygen atoms in total. The molecule has 1 aliphatic rings. The molecule has 0 aliphatic carbocycles. The molecule has 1 saturated heterocycles. The molecular weight excluding hydrogens is 184 g/mol. The third-order valence-corrected chi connectivity index (χ3v) is 1.94. The van der Waals surface area contributed by atoms with E-state index in [0.717, 1.165) is 0 Å². The zero-order valence-corrected chi connectivity index (χ0v) is 6.61. The normalized spacial score (nSPS) is 44.8. The fraction of sp³-hybridized carbons (Fsp3) is 1.00. The average molecular weight is 196 g/mol. The van der Waals surface area contributed by atoms with Crippen molar-refractivity contribution in [1.29, 1.82) is 0 Å². The van der Waals surface area contributed by atoms with Crippen molar-refractivity contribution in [3.05, 3.63) is 0 Å². The molecule has 0 aromatic carbocycles. The highest BCUT2D eigenvalue weighted by atomic mass is 16.8. The Balaban J connectivity index is 2.79. The number of aliphatic hydroxyl groups excluding tert-OH is 4. The summed E-state index contributed by atoms with van der Waals surface area (Å²) in [6.07, 6.45) is -6.72. The summed E-state index contributed by atoms with van der Waals surface area (Å²) in [6, 6.07) is 0. The molecule has 6 N–H and O–H groups in total. The molecule has 0 bridgehead atoms. The zero-order valence-electron chi connectivity index (χ0n) is 6.61. The molecule has 0 aromatic rings. The summed E-state index contributed by atoms with van der Waals surface area (Å²) in [5.41, 5.74) is 0. The summed E-state index contributed by atoms with van der Waals surface area (Å²) in [5.74, 6) is -2.95. The molecule has 1 aliphatic heterocycles. The number of ether oxygens (including phenoxy) is 1. The second-order valence-corrected chi connectivity index (χ2v) is 2.92. The predicted octanol–water partition coefficient (Wildman–Crippen LogP) is -3.90.